The molecule has 4 aromatic rings. The monoisotopic (exact) mass is 355 g/mol. The molecule has 1 aliphatic carbocycles. The number of aromatic nitrogens is 3. The van der Waals surface area contributed by atoms with Gasteiger partial charge in [-0.25, -0.2) is 4.98 Å². The third-order valence-corrected chi connectivity index (χ3v) is 7.01. The van der Waals surface area contributed by atoms with Crippen molar-refractivity contribution in [3.8, 4) is 0 Å². The second kappa shape index (κ2) is 4.30. The minimum absolute atomic E-state index is 0.370. The van der Waals surface area contributed by atoms with Crippen molar-refractivity contribution in [2.75, 3.05) is 11.9 Å². The van der Waals surface area contributed by atoms with Gasteiger partial charge in [0.05, 0.1) is 39.5 Å². The van der Waals surface area contributed by atoms with Crippen molar-refractivity contribution < 1.29 is 0 Å². The standard InChI is InChI=1S/C22H21N5/c1-12-8-9-18-21-19(12)25-13(2)24(3)16-10-11-17(20(16)25)27(21)22-23-14-6-4-5-7-15(14)26(18)22/h4-9,13,17H,10-11H2,1-3H3/t13-,17?/m0/s1. The highest BCUT2D eigenvalue weighted by atomic mass is 15.4. The molecule has 0 saturated carbocycles. The Hall–Kier alpha value is -2.95. The Morgan fingerprint density at radius 3 is 2.81 bits per heavy atom. The third kappa shape index (κ3) is 1.38. The number of nitrogens with zero attached hydrogens (tertiary/aromatic N) is 5. The Labute approximate surface area is 157 Å². The van der Waals surface area contributed by atoms with Gasteiger partial charge in [-0.3, -0.25) is 8.97 Å². The lowest BCUT2D eigenvalue weighted by molar-refractivity contribution is 0.335. The molecule has 0 saturated heterocycles. The van der Waals surface area contributed by atoms with Gasteiger partial charge in [-0.1, -0.05) is 18.2 Å². The first-order valence-corrected chi connectivity index (χ1v) is 9.82. The summed E-state index contributed by atoms with van der Waals surface area (Å²) in [5, 5.41) is 0. The molecular weight excluding hydrogens is 334 g/mol. The van der Waals surface area contributed by atoms with Gasteiger partial charge < -0.3 is 9.80 Å². The molecule has 27 heavy (non-hydrogen) atoms. The molecule has 2 aromatic carbocycles. The number of aryl methyl sites for hydroxylation is 1. The summed E-state index contributed by atoms with van der Waals surface area (Å²) in [6.45, 7) is 4.57. The number of rotatable bonds is 0. The largest absolute Gasteiger partial charge is 0.356 e. The van der Waals surface area contributed by atoms with Crippen LogP contribution in [0.1, 0.15) is 31.4 Å². The van der Waals surface area contributed by atoms with Crippen LogP contribution >= 0.6 is 0 Å². The fourth-order valence-electron chi connectivity index (χ4n) is 5.75. The van der Waals surface area contributed by atoms with Crippen LogP contribution in [-0.2, 0) is 0 Å². The van der Waals surface area contributed by atoms with Gasteiger partial charge in [0.25, 0.3) is 0 Å². The van der Waals surface area contributed by atoms with Crippen LogP contribution in [0, 0.1) is 6.92 Å². The van der Waals surface area contributed by atoms with E-state index in [9.17, 15) is 0 Å². The maximum absolute atomic E-state index is 5.07. The number of para-hydroxylation sites is 2. The molecule has 134 valence electrons. The highest BCUT2D eigenvalue weighted by molar-refractivity contribution is 6.00. The first-order valence-electron chi connectivity index (χ1n) is 9.82. The van der Waals surface area contributed by atoms with Crippen molar-refractivity contribution in [2.45, 2.75) is 38.9 Å². The number of allylic oxidation sites excluding steroid dienone is 2. The lowest BCUT2D eigenvalue weighted by atomic mass is 10.0. The number of benzene rings is 2. The summed E-state index contributed by atoms with van der Waals surface area (Å²) in [7, 11) is 2.25. The highest BCUT2D eigenvalue weighted by Crippen LogP contribution is 2.54. The van der Waals surface area contributed by atoms with E-state index in [1.807, 2.05) is 0 Å². The van der Waals surface area contributed by atoms with Crippen LogP contribution in [0.25, 0.3) is 27.8 Å². The van der Waals surface area contributed by atoms with Crippen LogP contribution in [0.3, 0.4) is 0 Å². The molecule has 0 radical (unpaired) electrons. The van der Waals surface area contributed by atoms with E-state index in [-0.39, 0.29) is 0 Å². The summed E-state index contributed by atoms with van der Waals surface area (Å²) in [4.78, 5) is 10.1. The van der Waals surface area contributed by atoms with Crippen molar-refractivity contribution in [1.82, 2.24) is 18.9 Å². The third-order valence-electron chi connectivity index (χ3n) is 7.01. The molecule has 0 fully saturated rings. The molecular formula is C22H21N5. The zero-order valence-corrected chi connectivity index (χ0v) is 15.8. The molecule has 4 heterocycles. The topological polar surface area (TPSA) is 28.7 Å². The number of hydrogen-bond acceptors (Lipinski definition) is 3. The van der Waals surface area contributed by atoms with Crippen LogP contribution in [0.15, 0.2) is 47.8 Å². The molecule has 0 bridgehead atoms. The van der Waals surface area contributed by atoms with E-state index in [1.165, 1.54) is 39.2 Å². The average Bonchev–Trinajstić information content (AvgIpc) is 3.39. The summed E-state index contributed by atoms with van der Waals surface area (Å²) in [6.07, 6.45) is 2.68. The van der Waals surface area contributed by atoms with Crippen LogP contribution in [0.5, 0.6) is 0 Å². The minimum atomic E-state index is 0.370. The van der Waals surface area contributed by atoms with Gasteiger partial charge in [-0.15, -0.1) is 0 Å². The quantitative estimate of drug-likeness (QED) is 0.468. The fourth-order valence-corrected chi connectivity index (χ4v) is 5.75. The summed E-state index contributed by atoms with van der Waals surface area (Å²) < 4.78 is 4.89. The van der Waals surface area contributed by atoms with E-state index >= 15 is 0 Å². The van der Waals surface area contributed by atoms with Crippen molar-refractivity contribution in [3.63, 3.8) is 0 Å². The molecule has 2 aliphatic heterocycles. The van der Waals surface area contributed by atoms with Crippen molar-refractivity contribution in [2.24, 2.45) is 0 Å². The van der Waals surface area contributed by atoms with E-state index < -0.39 is 0 Å². The van der Waals surface area contributed by atoms with E-state index in [4.69, 9.17) is 4.98 Å². The lowest BCUT2D eigenvalue weighted by Crippen LogP contribution is -2.40. The second-order valence-corrected chi connectivity index (χ2v) is 8.20. The van der Waals surface area contributed by atoms with E-state index in [0.29, 0.717) is 12.2 Å². The zero-order chi connectivity index (χ0) is 18.0. The lowest BCUT2D eigenvalue weighted by Gasteiger charge is -2.38. The Kier molecular flexibility index (Phi) is 2.25. The molecule has 3 aliphatic rings. The summed E-state index contributed by atoms with van der Waals surface area (Å²) in [6, 6.07) is 13.4. The maximum atomic E-state index is 5.07. The molecule has 0 amide bonds. The van der Waals surface area contributed by atoms with Crippen LogP contribution < -0.4 is 4.90 Å². The van der Waals surface area contributed by atoms with Gasteiger partial charge in [-0.2, -0.15) is 0 Å². The normalized spacial score (nSPS) is 23.5. The van der Waals surface area contributed by atoms with Crippen LogP contribution in [0.4, 0.5) is 5.69 Å². The Balaban J connectivity index is 1.74. The van der Waals surface area contributed by atoms with Gasteiger partial charge in [0, 0.05) is 12.7 Å². The van der Waals surface area contributed by atoms with Crippen LogP contribution in [-0.4, -0.2) is 32.1 Å². The predicted molar refractivity (Wildman–Crippen MR) is 108 cm³/mol. The number of anilines is 1. The molecule has 2 aromatic heterocycles. The van der Waals surface area contributed by atoms with Gasteiger partial charge >= 0.3 is 0 Å². The average molecular weight is 355 g/mol. The number of fused-ring (bicyclic) bond motifs is 7. The summed E-state index contributed by atoms with van der Waals surface area (Å²) in [5.41, 5.74) is 10.6. The molecule has 7 rings (SSSR count). The Morgan fingerprint density at radius 1 is 1.07 bits per heavy atom. The Bertz CT molecular complexity index is 1340. The predicted octanol–water partition coefficient (Wildman–Crippen LogP) is 4.41. The van der Waals surface area contributed by atoms with Crippen molar-refractivity contribution in [1.29, 1.82) is 0 Å². The van der Waals surface area contributed by atoms with Gasteiger partial charge in [0.15, 0.2) is 0 Å². The number of hydrogen-bond donors (Lipinski definition) is 0. The first-order chi connectivity index (χ1) is 13.2. The molecule has 0 spiro atoms. The van der Waals surface area contributed by atoms with Crippen molar-refractivity contribution in [3.05, 3.63) is 53.4 Å². The second-order valence-electron chi connectivity index (χ2n) is 8.20. The van der Waals surface area contributed by atoms with Gasteiger partial charge in [0.2, 0.25) is 5.78 Å². The Morgan fingerprint density at radius 2 is 1.93 bits per heavy atom. The molecule has 0 N–H and O–H groups in total. The van der Waals surface area contributed by atoms with E-state index in [1.54, 1.807) is 0 Å². The van der Waals surface area contributed by atoms with Gasteiger partial charge in [-0.05, 0) is 50.5 Å². The smallest absolute Gasteiger partial charge is 0.216 e. The number of imidazole rings is 2. The van der Waals surface area contributed by atoms with Crippen LogP contribution in [0.2, 0.25) is 0 Å². The van der Waals surface area contributed by atoms with Gasteiger partial charge in [0.1, 0.15) is 6.17 Å². The van der Waals surface area contributed by atoms with Crippen molar-refractivity contribution >= 4 is 33.5 Å². The summed E-state index contributed by atoms with van der Waals surface area (Å²) >= 11 is 0. The molecule has 1 unspecified atom stereocenters. The zero-order valence-electron chi connectivity index (χ0n) is 15.8. The highest BCUT2D eigenvalue weighted by Gasteiger charge is 2.47. The first kappa shape index (κ1) is 14.2. The van der Waals surface area contributed by atoms with E-state index in [0.717, 1.165) is 24.1 Å². The molecule has 5 nitrogen and oxygen atoms in total. The maximum Gasteiger partial charge on any atom is 0.216 e. The van der Waals surface area contributed by atoms with E-state index in [2.05, 4.69) is 76.1 Å². The fraction of sp³-hybridized carbons (Fsp3) is 0.318. The minimum Gasteiger partial charge on any atom is -0.356 e. The SMILES string of the molecule is Cc1ccc2c3c1N1C4=C(CCC4n3c3nc4ccccc4n23)N(C)[C@@H]1C. The molecule has 5 heteroatoms. The molecule has 2 atom stereocenters. The summed E-state index contributed by atoms with van der Waals surface area (Å²) in [5.74, 6) is 1.08.